The molecule has 0 aromatic heterocycles. The first-order valence-corrected chi connectivity index (χ1v) is 11.8. The van der Waals surface area contributed by atoms with Gasteiger partial charge in [0.05, 0.1) is 0 Å². The molecule has 1 aliphatic rings. The minimum atomic E-state index is -0.722. The SMILES string of the molecule is CC(C)(C)C(=O)N1CCCC1N(C=O)[C@H](Cc1ccc2ccccc2c1)C(=O)NCCCN. The minimum absolute atomic E-state index is 0.00940. The molecule has 2 aromatic carbocycles. The van der Waals surface area contributed by atoms with Gasteiger partial charge in [0.15, 0.2) is 0 Å². The van der Waals surface area contributed by atoms with Gasteiger partial charge in [-0.3, -0.25) is 14.4 Å². The van der Waals surface area contributed by atoms with E-state index in [0.717, 1.165) is 29.2 Å². The predicted octanol–water partition coefficient (Wildman–Crippen LogP) is 2.67. The number of hydrogen-bond acceptors (Lipinski definition) is 4. The van der Waals surface area contributed by atoms with Crippen molar-refractivity contribution in [1.82, 2.24) is 15.1 Å². The number of likely N-dealkylation sites (tertiary alicyclic amines) is 1. The summed E-state index contributed by atoms with van der Waals surface area (Å²) >= 11 is 0. The molecule has 1 heterocycles. The first-order chi connectivity index (χ1) is 15.8. The number of carbonyl (C=O) groups is 3. The molecule has 0 aliphatic carbocycles. The Morgan fingerprint density at radius 2 is 1.94 bits per heavy atom. The minimum Gasteiger partial charge on any atom is -0.354 e. The zero-order chi connectivity index (χ0) is 24.0. The van der Waals surface area contributed by atoms with E-state index < -0.39 is 17.6 Å². The predicted molar refractivity (Wildman–Crippen MR) is 130 cm³/mol. The van der Waals surface area contributed by atoms with Crippen LogP contribution in [0.15, 0.2) is 42.5 Å². The van der Waals surface area contributed by atoms with Crippen molar-refractivity contribution in [3.63, 3.8) is 0 Å². The summed E-state index contributed by atoms with van der Waals surface area (Å²) in [5, 5.41) is 5.13. The molecular weight excluding hydrogens is 416 g/mol. The maximum absolute atomic E-state index is 13.3. The Morgan fingerprint density at radius 1 is 1.21 bits per heavy atom. The van der Waals surface area contributed by atoms with Gasteiger partial charge in [-0.1, -0.05) is 63.2 Å². The number of rotatable bonds is 9. The molecule has 0 radical (unpaired) electrons. The molecule has 33 heavy (non-hydrogen) atoms. The van der Waals surface area contributed by atoms with Gasteiger partial charge in [-0.2, -0.15) is 0 Å². The largest absolute Gasteiger partial charge is 0.354 e. The molecule has 0 spiro atoms. The van der Waals surface area contributed by atoms with Crippen LogP contribution < -0.4 is 11.1 Å². The zero-order valence-electron chi connectivity index (χ0n) is 19.9. The lowest BCUT2D eigenvalue weighted by Crippen LogP contribution is -2.57. The molecule has 2 aromatic rings. The molecule has 7 heteroatoms. The van der Waals surface area contributed by atoms with Crippen LogP contribution in [0.2, 0.25) is 0 Å². The lowest BCUT2D eigenvalue weighted by molar-refractivity contribution is -0.150. The van der Waals surface area contributed by atoms with Crippen molar-refractivity contribution >= 4 is 29.0 Å². The second kappa shape index (κ2) is 10.8. The van der Waals surface area contributed by atoms with Crippen molar-refractivity contribution in [2.45, 2.75) is 58.7 Å². The van der Waals surface area contributed by atoms with Crippen molar-refractivity contribution in [3.05, 3.63) is 48.0 Å². The fraction of sp³-hybridized carbons (Fsp3) is 0.500. The molecule has 3 rings (SSSR count). The van der Waals surface area contributed by atoms with Crippen LogP contribution >= 0.6 is 0 Å². The quantitative estimate of drug-likeness (QED) is 0.452. The van der Waals surface area contributed by atoms with E-state index in [1.165, 1.54) is 0 Å². The number of benzene rings is 2. The van der Waals surface area contributed by atoms with Gasteiger partial charge in [-0.25, -0.2) is 0 Å². The van der Waals surface area contributed by atoms with E-state index in [1.54, 1.807) is 9.80 Å². The Kier molecular flexibility index (Phi) is 8.08. The van der Waals surface area contributed by atoms with Gasteiger partial charge < -0.3 is 20.9 Å². The van der Waals surface area contributed by atoms with Gasteiger partial charge in [-0.05, 0) is 42.1 Å². The number of carbonyl (C=O) groups excluding carboxylic acids is 3. The summed E-state index contributed by atoms with van der Waals surface area (Å²) in [5.74, 6) is -0.233. The fourth-order valence-electron chi connectivity index (χ4n) is 4.43. The summed E-state index contributed by atoms with van der Waals surface area (Å²) < 4.78 is 0. The Labute approximate surface area is 196 Å². The molecule has 1 fully saturated rings. The molecule has 178 valence electrons. The maximum atomic E-state index is 13.3. The Morgan fingerprint density at radius 3 is 2.61 bits per heavy atom. The fourth-order valence-corrected chi connectivity index (χ4v) is 4.43. The highest BCUT2D eigenvalue weighted by Crippen LogP contribution is 2.29. The number of fused-ring (bicyclic) bond motifs is 1. The third-order valence-corrected chi connectivity index (χ3v) is 6.18. The molecule has 0 bridgehead atoms. The number of nitrogens with one attached hydrogen (secondary N) is 1. The van der Waals surface area contributed by atoms with Crippen LogP contribution in [0.4, 0.5) is 0 Å². The third-order valence-electron chi connectivity index (χ3n) is 6.18. The summed E-state index contributed by atoms with van der Waals surface area (Å²) in [7, 11) is 0. The normalized spacial score (nSPS) is 17.1. The standard InChI is InChI=1S/C26H36N4O3/c1-26(2,3)25(33)29-15-6-10-23(29)30(18-31)22(24(32)28-14-7-13-27)17-19-11-12-20-8-4-5-9-21(20)16-19/h4-5,8-9,11-12,16,18,22-23H,6-7,10,13-15,17,27H2,1-3H3,(H,28,32)/t22-,23?/m1/s1. The van der Waals surface area contributed by atoms with Crippen LogP contribution in [0.25, 0.3) is 10.8 Å². The third kappa shape index (κ3) is 5.90. The molecule has 3 amide bonds. The number of nitrogens with two attached hydrogens (primary N) is 1. The van der Waals surface area contributed by atoms with Crippen LogP contribution in [0, 0.1) is 5.41 Å². The lowest BCUT2D eigenvalue weighted by atomic mass is 9.94. The van der Waals surface area contributed by atoms with E-state index >= 15 is 0 Å². The number of amides is 3. The Bertz CT molecular complexity index is 985. The van der Waals surface area contributed by atoms with Crippen LogP contribution in [-0.4, -0.2) is 59.9 Å². The summed E-state index contributed by atoms with van der Waals surface area (Å²) in [6, 6.07) is 13.4. The highest BCUT2D eigenvalue weighted by atomic mass is 16.2. The van der Waals surface area contributed by atoms with E-state index in [9.17, 15) is 14.4 Å². The van der Waals surface area contributed by atoms with E-state index in [-0.39, 0.29) is 11.8 Å². The molecule has 1 saturated heterocycles. The van der Waals surface area contributed by atoms with Crippen molar-refractivity contribution in [2.24, 2.45) is 11.1 Å². The Balaban J connectivity index is 1.91. The average molecular weight is 453 g/mol. The van der Waals surface area contributed by atoms with E-state index in [0.29, 0.717) is 38.9 Å². The van der Waals surface area contributed by atoms with Crippen LogP contribution in [0.5, 0.6) is 0 Å². The molecular formula is C26H36N4O3. The van der Waals surface area contributed by atoms with E-state index in [4.69, 9.17) is 5.73 Å². The second-order valence-electron chi connectivity index (χ2n) is 9.76. The van der Waals surface area contributed by atoms with Gasteiger partial charge in [0.1, 0.15) is 12.2 Å². The number of hydrogen-bond donors (Lipinski definition) is 2. The summed E-state index contributed by atoms with van der Waals surface area (Å²) in [6.45, 7) is 7.14. The van der Waals surface area contributed by atoms with E-state index in [1.807, 2.05) is 57.2 Å². The molecule has 0 saturated carbocycles. The lowest BCUT2D eigenvalue weighted by Gasteiger charge is -2.39. The van der Waals surface area contributed by atoms with Crippen molar-refractivity contribution in [1.29, 1.82) is 0 Å². The van der Waals surface area contributed by atoms with Crippen LogP contribution in [0.1, 0.15) is 45.6 Å². The highest BCUT2D eigenvalue weighted by molar-refractivity contribution is 5.86. The van der Waals surface area contributed by atoms with Gasteiger partial charge in [0.2, 0.25) is 18.2 Å². The van der Waals surface area contributed by atoms with Gasteiger partial charge in [0.25, 0.3) is 0 Å². The van der Waals surface area contributed by atoms with Gasteiger partial charge >= 0.3 is 0 Å². The number of nitrogens with zero attached hydrogens (tertiary/aromatic N) is 2. The monoisotopic (exact) mass is 452 g/mol. The van der Waals surface area contributed by atoms with Crippen molar-refractivity contribution in [2.75, 3.05) is 19.6 Å². The zero-order valence-corrected chi connectivity index (χ0v) is 19.9. The molecule has 7 nitrogen and oxygen atoms in total. The first kappa shape index (κ1) is 24.7. The summed E-state index contributed by atoms with van der Waals surface area (Å²) in [4.78, 5) is 42.0. The highest BCUT2D eigenvalue weighted by Gasteiger charge is 2.41. The molecule has 1 unspecified atom stereocenters. The molecule has 3 N–H and O–H groups in total. The topological polar surface area (TPSA) is 95.7 Å². The maximum Gasteiger partial charge on any atom is 0.243 e. The van der Waals surface area contributed by atoms with Gasteiger partial charge in [-0.15, -0.1) is 0 Å². The Hall–Kier alpha value is -2.93. The average Bonchev–Trinajstić information content (AvgIpc) is 3.27. The smallest absolute Gasteiger partial charge is 0.243 e. The van der Waals surface area contributed by atoms with Crippen molar-refractivity contribution in [3.8, 4) is 0 Å². The summed E-state index contributed by atoms with van der Waals surface area (Å²) in [5.41, 5.74) is 5.99. The van der Waals surface area contributed by atoms with Crippen LogP contribution in [-0.2, 0) is 20.8 Å². The summed E-state index contributed by atoms with van der Waals surface area (Å²) in [6.07, 6.45) is 2.78. The first-order valence-electron chi connectivity index (χ1n) is 11.8. The molecule has 2 atom stereocenters. The van der Waals surface area contributed by atoms with Crippen molar-refractivity contribution < 1.29 is 14.4 Å². The second-order valence-corrected chi connectivity index (χ2v) is 9.76. The van der Waals surface area contributed by atoms with Crippen LogP contribution in [0.3, 0.4) is 0 Å². The van der Waals surface area contributed by atoms with E-state index in [2.05, 4.69) is 11.4 Å². The molecule has 1 aliphatic heterocycles. The van der Waals surface area contributed by atoms with Gasteiger partial charge in [0, 0.05) is 24.9 Å².